The number of rotatable bonds is 8. The summed E-state index contributed by atoms with van der Waals surface area (Å²) in [7, 11) is 0. The largest absolute Gasteiger partial charge is 0.445 e. The van der Waals surface area contributed by atoms with E-state index in [1.54, 1.807) is 12.1 Å². The minimum atomic E-state index is -0.625. The van der Waals surface area contributed by atoms with Crippen molar-refractivity contribution in [3.05, 3.63) is 65.7 Å². The van der Waals surface area contributed by atoms with E-state index < -0.39 is 12.1 Å². The number of hydrogen-bond acceptors (Lipinski definition) is 4. The molecule has 6 nitrogen and oxygen atoms in total. The van der Waals surface area contributed by atoms with Gasteiger partial charge in [0.25, 0.3) is 0 Å². The third-order valence-corrected chi connectivity index (χ3v) is 3.79. The van der Waals surface area contributed by atoms with Crippen LogP contribution >= 0.6 is 0 Å². The number of nitrogens with one attached hydrogen (secondary N) is 2. The lowest BCUT2D eigenvalue weighted by Gasteiger charge is -2.12. The summed E-state index contributed by atoms with van der Waals surface area (Å²) in [4.78, 5) is 23.7. The summed E-state index contributed by atoms with van der Waals surface area (Å²) in [6, 6.07) is 16.3. The molecule has 2 rings (SSSR count). The number of benzene rings is 2. The van der Waals surface area contributed by atoms with Gasteiger partial charge in [0.15, 0.2) is 0 Å². The van der Waals surface area contributed by atoms with E-state index in [0.717, 1.165) is 11.1 Å². The molecule has 2 aromatic carbocycles. The van der Waals surface area contributed by atoms with Crippen molar-refractivity contribution in [2.24, 2.45) is 5.73 Å². The summed E-state index contributed by atoms with van der Waals surface area (Å²) >= 11 is 0. The number of alkyl carbamates (subject to hydrolysis) is 1. The van der Waals surface area contributed by atoms with E-state index in [1.807, 2.05) is 49.4 Å². The molecule has 0 saturated carbocycles. The van der Waals surface area contributed by atoms with Crippen molar-refractivity contribution in [2.45, 2.75) is 32.4 Å². The highest BCUT2D eigenvalue weighted by molar-refractivity contribution is 5.94. The lowest BCUT2D eigenvalue weighted by atomic mass is 10.1. The summed E-state index contributed by atoms with van der Waals surface area (Å²) in [6.07, 6.45) is 0.577. The number of ether oxygens (including phenoxy) is 1. The van der Waals surface area contributed by atoms with Crippen LogP contribution in [0.2, 0.25) is 0 Å². The van der Waals surface area contributed by atoms with Crippen molar-refractivity contribution in [2.75, 3.05) is 11.9 Å². The van der Waals surface area contributed by atoms with Crippen LogP contribution in [0.25, 0.3) is 0 Å². The van der Waals surface area contributed by atoms with Crippen LogP contribution in [0.5, 0.6) is 0 Å². The van der Waals surface area contributed by atoms with E-state index in [-0.39, 0.29) is 12.5 Å². The molecule has 2 amide bonds. The third kappa shape index (κ3) is 6.94. The van der Waals surface area contributed by atoms with Crippen molar-refractivity contribution in [1.29, 1.82) is 0 Å². The second kappa shape index (κ2) is 10.2. The number of hydrogen-bond donors (Lipinski definition) is 3. The van der Waals surface area contributed by atoms with Gasteiger partial charge in [-0.2, -0.15) is 0 Å². The maximum absolute atomic E-state index is 12.0. The maximum Gasteiger partial charge on any atom is 0.407 e. The Bertz CT molecular complexity index is 719. The number of amides is 2. The Hall–Kier alpha value is -2.86. The summed E-state index contributed by atoms with van der Waals surface area (Å²) in [6.45, 7) is 2.62. The van der Waals surface area contributed by atoms with Crippen LogP contribution in [0.1, 0.15) is 24.0 Å². The first-order valence-corrected chi connectivity index (χ1v) is 8.62. The lowest BCUT2D eigenvalue weighted by molar-refractivity contribution is -0.117. The van der Waals surface area contributed by atoms with Crippen molar-refractivity contribution >= 4 is 17.7 Å². The molecule has 0 aliphatic carbocycles. The molecule has 0 aliphatic rings. The van der Waals surface area contributed by atoms with E-state index in [4.69, 9.17) is 10.5 Å². The average molecular weight is 355 g/mol. The Kier molecular flexibility index (Phi) is 7.64. The molecule has 4 N–H and O–H groups in total. The Morgan fingerprint density at radius 3 is 2.62 bits per heavy atom. The van der Waals surface area contributed by atoms with Crippen LogP contribution in [0.3, 0.4) is 0 Å². The highest BCUT2D eigenvalue weighted by Crippen LogP contribution is 2.07. The molecule has 26 heavy (non-hydrogen) atoms. The minimum absolute atomic E-state index is 0.229. The summed E-state index contributed by atoms with van der Waals surface area (Å²) < 4.78 is 5.16. The lowest BCUT2D eigenvalue weighted by Crippen LogP contribution is -2.36. The van der Waals surface area contributed by atoms with Gasteiger partial charge in [0.1, 0.15) is 6.61 Å². The minimum Gasteiger partial charge on any atom is -0.445 e. The first-order valence-electron chi connectivity index (χ1n) is 8.62. The van der Waals surface area contributed by atoms with Gasteiger partial charge in [-0.05, 0) is 37.5 Å². The number of aryl methyl sites for hydroxylation is 1. The highest BCUT2D eigenvalue weighted by atomic mass is 16.5. The van der Waals surface area contributed by atoms with Gasteiger partial charge in [-0.15, -0.1) is 0 Å². The molecule has 2 aromatic rings. The normalized spacial score (nSPS) is 11.5. The zero-order valence-corrected chi connectivity index (χ0v) is 14.9. The zero-order valence-electron chi connectivity index (χ0n) is 14.9. The molecular formula is C20H25N3O3. The number of carbonyl (C=O) groups excluding carboxylic acids is 2. The van der Waals surface area contributed by atoms with Gasteiger partial charge in [-0.25, -0.2) is 4.79 Å². The predicted octanol–water partition coefficient (Wildman–Crippen LogP) is 2.97. The second-order valence-electron chi connectivity index (χ2n) is 6.10. The van der Waals surface area contributed by atoms with Crippen molar-refractivity contribution in [1.82, 2.24) is 5.32 Å². The molecule has 0 saturated heterocycles. The molecule has 0 fully saturated rings. The van der Waals surface area contributed by atoms with Crippen molar-refractivity contribution in [3.8, 4) is 0 Å². The molecule has 0 unspecified atom stereocenters. The Morgan fingerprint density at radius 1 is 1.12 bits per heavy atom. The van der Waals surface area contributed by atoms with E-state index in [2.05, 4.69) is 10.6 Å². The topological polar surface area (TPSA) is 93.4 Å². The van der Waals surface area contributed by atoms with Crippen LogP contribution in [0, 0.1) is 6.92 Å². The van der Waals surface area contributed by atoms with E-state index in [0.29, 0.717) is 25.1 Å². The maximum atomic E-state index is 12.0. The summed E-state index contributed by atoms with van der Waals surface area (Å²) in [5.41, 5.74) is 8.65. The molecule has 0 aliphatic heterocycles. The number of anilines is 1. The fourth-order valence-corrected chi connectivity index (χ4v) is 2.40. The van der Waals surface area contributed by atoms with Crippen LogP contribution in [-0.4, -0.2) is 24.6 Å². The average Bonchev–Trinajstić information content (AvgIpc) is 2.64. The molecule has 0 bridgehead atoms. The Balaban J connectivity index is 1.60. The first kappa shape index (κ1) is 19.5. The number of carbonyl (C=O) groups is 2. The number of para-hydroxylation sites is 1. The van der Waals surface area contributed by atoms with Crippen LogP contribution < -0.4 is 16.4 Å². The summed E-state index contributed by atoms with van der Waals surface area (Å²) in [5.74, 6) is -0.238. The Labute approximate surface area is 153 Å². The van der Waals surface area contributed by atoms with Crippen molar-refractivity contribution < 1.29 is 14.3 Å². The van der Waals surface area contributed by atoms with Crippen molar-refractivity contribution in [3.63, 3.8) is 0 Å². The third-order valence-electron chi connectivity index (χ3n) is 3.79. The Morgan fingerprint density at radius 2 is 1.88 bits per heavy atom. The molecule has 138 valence electrons. The van der Waals surface area contributed by atoms with E-state index in [9.17, 15) is 9.59 Å². The van der Waals surface area contributed by atoms with Gasteiger partial charge in [0.05, 0.1) is 6.04 Å². The van der Waals surface area contributed by atoms with Crippen LogP contribution in [0.15, 0.2) is 54.6 Å². The first-order chi connectivity index (χ1) is 12.5. The predicted molar refractivity (Wildman–Crippen MR) is 102 cm³/mol. The SMILES string of the molecule is Cc1cccc(COC(=O)NCCC[C@H](N)C(=O)Nc2ccccc2)c1. The molecule has 0 aromatic heterocycles. The van der Waals surface area contributed by atoms with E-state index >= 15 is 0 Å². The highest BCUT2D eigenvalue weighted by Gasteiger charge is 2.13. The zero-order chi connectivity index (χ0) is 18.8. The standard InChI is InChI=1S/C20H25N3O3/c1-15-7-5-8-16(13-15)14-26-20(25)22-12-6-11-18(21)19(24)23-17-9-3-2-4-10-17/h2-5,7-10,13,18H,6,11-12,14,21H2,1H3,(H,22,25)(H,23,24)/t18-/m0/s1. The summed E-state index contributed by atoms with van der Waals surface area (Å²) in [5, 5.41) is 5.42. The molecule has 0 spiro atoms. The molecule has 0 heterocycles. The van der Waals surface area contributed by atoms with Crippen LogP contribution in [-0.2, 0) is 16.1 Å². The molecule has 1 atom stereocenters. The molecular weight excluding hydrogens is 330 g/mol. The van der Waals surface area contributed by atoms with Gasteiger partial charge in [-0.3, -0.25) is 4.79 Å². The van der Waals surface area contributed by atoms with Crippen LogP contribution in [0.4, 0.5) is 10.5 Å². The fraction of sp³-hybridized carbons (Fsp3) is 0.300. The quantitative estimate of drug-likeness (QED) is 0.635. The number of nitrogens with two attached hydrogens (primary N) is 1. The van der Waals surface area contributed by atoms with E-state index in [1.165, 1.54) is 0 Å². The van der Waals surface area contributed by atoms with Gasteiger partial charge < -0.3 is 21.1 Å². The van der Waals surface area contributed by atoms with Gasteiger partial charge in [-0.1, -0.05) is 48.0 Å². The fourth-order valence-electron chi connectivity index (χ4n) is 2.40. The van der Waals surface area contributed by atoms with Gasteiger partial charge >= 0.3 is 6.09 Å². The molecule has 0 radical (unpaired) electrons. The molecule has 6 heteroatoms. The smallest absolute Gasteiger partial charge is 0.407 e. The van der Waals surface area contributed by atoms with Gasteiger partial charge in [0, 0.05) is 12.2 Å². The second-order valence-corrected chi connectivity index (χ2v) is 6.10. The van der Waals surface area contributed by atoms with Gasteiger partial charge in [0.2, 0.25) is 5.91 Å². The monoisotopic (exact) mass is 355 g/mol.